The second-order valence-corrected chi connectivity index (χ2v) is 9.57. The molecule has 0 spiro atoms. The lowest BCUT2D eigenvalue weighted by molar-refractivity contribution is -0.147. The number of amides is 2. The number of likely N-dealkylation sites (tertiary alicyclic amines) is 1. The van der Waals surface area contributed by atoms with E-state index in [2.05, 4.69) is 4.98 Å². The molecule has 30 heavy (non-hydrogen) atoms. The number of fused-ring (bicyclic) bond motifs is 1. The fraction of sp³-hybridized carbons (Fsp3) is 0.474. The minimum absolute atomic E-state index is 0.0108. The highest BCUT2D eigenvalue weighted by Crippen LogP contribution is 2.42. The first-order valence-electron chi connectivity index (χ1n) is 9.66. The van der Waals surface area contributed by atoms with Crippen LogP contribution in [0, 0.1) is 12.3 Å². The molecule has 11 heteroatoms. The number of pyridine rings is 1. The molecule has 1 aromatic rings. The van der Waals surface area contributed by atoms with Gasteiger partial charge in [-0.2, -0.15) is 4.31 Å². The SMILES string of the molecule is NC(=O)C12C(=O)CN(S(=O)(=O)C(=O)c3ccccn3)C1CCN2C(=O)[CH]CC1CC1. The fourth-order valence-corrected chi connectivity index (χ4v) is 5.78. The summed E-state index contributed by atoms with van der Waals surface area (Å²) < 4.78 is 26.7. The molecule has 1 aromatic heterocycles. The summed E-state index contributed by atoms with van der Waals surface area (Å²) in [4.78, 5) is 55.6. The second kappa shape index (κ2) is 7.24. The lowest BCUT2D eigenvalue weighted by atomic mass is 9.89. The second-order valence-electron chi connectivity index (χ2n) is 7.78. The number of carbonyl (C=O) groups excluding carboxylic acids is 4. The van der Waals surface area contributed by atoms with E-state index in [9.17, 15) is 27.6 Å². The van der Waals surface area contributed by atoms with Crippen molar-refractivity contribution in [1.29, 1.82) is 0 Å². The first-order chi connectivity index (χ1) is 14.2. The molecule has 2 aliphatic heterocycles. The van der Waals surface area contributed by atoms with Crippen molar-refractivity contribution in [1.82, 2.24) is 14.2 Å². The zero-order chi connectivity index (χ0) is 21.7. The summed E-state index contributed by atoms with van der Waals surface area (Å²) in [6.07, 6.45) is 5.29. The maximum Gasteiger partial charge on any atom is 0.310 e. The summed E-state index contributed by atoms with van der Waals surface area (Å²) in [6, 6.07) is 3.01. The molecule has 3 aliphatic rings. The van der Waals surface area contributed by atoms with Crippen LogP contribution in [-0.4, -0.2) is 70.0 Å². The third-order valence-corrected chi connectivity index (χ3v) is 7.67. The number of ketones is 1. The Morgan fingerprint density at radius 1 is 1.23 bits per heavy atom. The van der Waals surface area contributed by atoms with Gasteiger partial charge in [-0.15, -0.1) is 0 Å². The Hall–Kier alpha value is -2.66. The zero-order valence-corrected chi connectivity index (χ0v) is 16.9. The monoisotopic (exact) mass is 433 g/mol. The van der Waals surface area contributed by atoms with Gasteiger partial charge in [0.15, 0.2) is 11.3 Å². The Morgan fingerprint density at radius 2 is 1.97 bits per heavy atom. The number of sulfonamides is 1. The summed E-state index contributed by atoms with van der Waals surface area (Å²) in [7, 11) is -4.66. The van der Waals surface area contributed by atoms with Gasteiger partial charge in [0.25, 0.3) is 15.9 Å². The highest BCUT2D eigenvalue weighted by Gasteiger charge is 2.68. The van der Waals surface area contributed by atoms with Crippen LogP contribution in [0.5, 0.6) is 0 Å². The van der Waals surface area contributed by atoms with Crippen LogP contribution < -0.4 is 5.73 Å². The largest absolute Gasteiger partial charge is 0.367 e. The Bertz CT molecular complexity index is 1020. The molecular weight excluding hydrogens is 412 g/mol. The van der Waals surface area contributed by atoms with E-state index in [1.165, 1.54) is 30.8 Å². The van der Waals surface area contributed by atoms with Crippen LogP contribution in [-0.2, 0) is 24.4 Å². The Morgan fingerprint density at radius 3 is 2.57 bits per heavy atom. The van der Waals surface area contributed by atoms with Crippen molar-refractivity contribution in [2.45, 2.75) is 37.3 Å². The summed E-state index contributed by atoms with van der Waals surface area (Å²) in [6.45, 7) is -0.718. The van der Waals surface area contributed by atoms with Crippen molar-refractivity contribution < 1.29 is 27.6 Å². The average molecular weight is 433 g/mol. The average Bonchev–Trinajstić information content (AvgIpc) is 3.38. The number of aromatic nitrogens is 1. The van der Waals surface area contributed by atoms with Crippen LogP contribution in [0.3, 0.4) is 0 Å². The number of Topliss-reactive ketones (excluding diaryl/α,β-unsaturated/α-hetero) is 1. The standard InChI is InChI=1S/C19H21N4O6S/c20-18(27)19-14(8-10-22(19)16(25)7-6-12-4-5-12)23(11-15(19)24)30(28,29)17(26)13-3-1-2-9-21-13/h1-3,7,9,12,14H,4-6,8,10-11H2,(H2,20,27). The molecule has 10 nitrogen and oxygen atoms in total. The number of nitrogens with two attached hydrogens (primary N) is 1. The zero-order valence-electron chi connectivity index (χ0n) is 16.1. The Balaban J connectivity index is 1.66. The molecule has 4 rings (SSSR count). The molecule has 2 saturated heterocycles. The minimum Gasteiger partial charge on any atom is -0.367 e. The van der Waals surface area contributed by atoms with Crippen molar-refractivity contribution in [2.24, 2.45) is 11.7 Å². The fourth-order valence-electron chi connectivity index (χ4n) is 4.30. The molecule has 1 aliphatic carbocycles. The molecule has 159 valence electrons. The van der Waals surface area contributed by atoms with Gasteiger partial charge in [0.1, 0.15) is 5.69 Å². The summed E-state index contributed by atoms with van der Waals surface area (Å²) in [5.41, 5.74) is 3.16. The predicted octanol–water partition coefficient (Wildman–Crippen LogP) is -0.734. The molecule has 3 heterocycles. The van der Waals surface area contributed by atoms with Gasteiger partial charge >= 0.3 is 5.12 Å². The van der Waals surface area contributed by atoms with Crippen molar-refractivity contribution in [3.8, 4) is 0 Å². The van der Waals surface area contributed by atoms with Gasteiger partial charge in [-0.25, -0.2) is 8.42 Å². The van der Waals surface area contributed by atoms with Crippen LogP contribution >= 0.6 is 0 Å². The predicted molar refractivity (Wildman–Crippen MR) is 103 cm³/mol. The first-order valence-corrected chi connectivity index (χ1v) is 11.1. The van der Waals surface area contributed by atoms with Gasteiger partial charge in [-0.3, -0.25) is 24.2 Å². The molecular formula is C19H21N4O6S. The minimum atomic E-state index is -4.66. The van der Waals surface area contributed by atoms with Gasteiger partial charge in [0.2, 0.25) is 5.91 Å². The molecule has 2 atom stereocenters. The van der Waals surface area contributed by atoms with E-state index < -0.39 is 50.9 Å². The van der Waals surface area contributed by atoms with Gasteiger partial charge in [-0.05, 0) is 30.9 Å². The molecule has 2 unspecified atom stereocenters. The maximum atomic E-state index is 13.0. The topological polar surface area (TPSA) is 148 Å². The number of rotatable bonds is 6. The van der Waals surface area contributed by atoms with Gasteiger partial charge in [-0.1, -0.05) is 18.9 Å². The number of primary amides is 1. The summed E-state index contributed by atoms with van der Waals surface area (Å²) in [5, 5.41) is -1.28. The Labute approximate surface area is 173 Å². The number of hydrogen-bond acceptors (Lipinski definition) is 7. The number of nitrogens with zero attached hydrogens (tertiary/aromatic N) is 3. The first kappa shape index (κ1) is 20.6. The van der Waals surface area contributed by atoms with E-state index in [-0.39, 0.29) is 18.7 Å². The van der Waals surface area contributed by atoms with E-state index in [4.69, 9.17) is 5.73 Å². The normalized spacial score (nSPS) is 26.6. The highest BCUT2D eigenvalue weighted by molar-refractivity contribution is 8.04. The third-order valence-electron chi connectivity index (χ3n) is 5.99. The summed E-state index contributed by atoms with van der Waals surface area (Å²) in [5.74, 6) is -2.00. The molecule has 0 bridgehead atoms. The van der Waals surface area contributed by atoms with Crippen LogP contribution in [0.2, 0.25) is 0 Å². The molecule has 0 aromatic carbocycles. The summed E-state index contributed by atoms with van der Waals surface area (Å²) >= 11 is 0. The maximum absolute atomic E-state index is 13.0. The van der Waals surface area contributed by atoms with Crippen LogP contribution in [0.15, 0.2) is 24.4 Å². The third kappa shape index (κ3) is 3.03. The highest BCUT2D eigenvalue weighted by atomic mass is 32.2. The van der Waals surface area contributed by atoms with Gasteiger partial charge < -0.3 is 10.6 Å². The van der Waals surface area contributed by atoms with Crippen LogP contribution in [0.1, 0.15) is 36.2 Å². The van der Waals surface area contributed by atoms with E-state index in [1.54, 1.807) is 0 Å². The van der Waals surface area contributed by atoms with Crippen molar-refractivity contribution in [2.75, 3.05) is 13.1 Å². The van der Waals surface area contributed by atoms with E-state index in [0.717, 1.165) is 17.7 Å². The lowest BCUT2D eigenvalue weighted by Crippen LogP contribution is -2.64. The molecule has 1 saturated carbocycles. The molecule has 1 radical (unpaired) electrons. The van der Waals surface area contributed by atoms with Gasteiger partial charge in [0.05, 0.1) is 19.0 Å². The number of hydrogen-bond donors (Lipinski definition) is 1. The van der Waals surface area contributed by atoms with Crippen LogP contribution in [0.25, 0.3) is 0 Å². The smallest absolute Gasteiger partial charge is 0.310 e. The van der Waals surface area contributed by atoms with E-state index in [0.29, 0.717) is 16.6 Å². The molecule has 3 fully saturated rings. The lowest BCUT2D eigenvalue weighted by Gasteiger charge is -2.34. The quantitative estimate of drug-likeness (QED) is 0.581. The van der Waals surface area contributed by atoms with E-state index >= 15 is 0 Å². The van der Waals surface area contributed by atoms with Crippen molar-refractivity contribution in [3.05, 3.63) is 36.5 Å². The van der Waals surface area contributed by atoms with E-state index in [1.807, 2.05) is 0 Å². The van der Waals surface area contributed by atoms with Crippen molar-refractivity contribution >= 4 is 32.7 Å². The van der Waals surface area contributed by atoms with Crippen LogP contribution in [0.4, 0.5) is 0 Å². The Kier molecular flexibility index (Phi) is 4.97. The van der Waals surface area contributed by atoms with Crippen molar-refractivity contribution in [3.63, 3.8) is 0 Å². The number of carbonyl (C=O) groups is 4. The molecule has 2 amide bonds. The van der Waals surface area contributed by atoms with Gasteiger partial charge in [0, 0.05) is 12.7 Å². The molecule has 2 N–H and O–H groups in total.